The number of nitrogens with zero attached hydrogens (tertiary/aromatic N) is 3. The normalized spacial score (nSPS) is 18.8. The molecule has 4 rings (SSSR count). The third-order valence-electron chi connectivity index (χ3n) is 5.41. The van der Waals surface area contributed by atoms with E-state index in [9.17, 15) is 4.79 Å². The van der Waals surface area contributed by atoms with Crippen molar-refractivity contribution >= 4 is 27.5 Å². The molecule has 1 saturated heterocycles. The van der Waals surface area contributed by atoms with E-state index >= 15 is 0 Å². The molecule has 1 aliphatic rings. The standard InChI is InChI=1S/C21H26N4OS/c1-14(22)18-10-6-7-11-24(18)20(26)19-12-17-15(2)23-25(21(17)27-19)13-16-8-4-3-5-9-16/h3-5,8-9,12,14,18H,6-7,10-11,13,22H2,1-2H3. The van der Waals surface area contributed by atoms with Gasteiger partial charge in [0.2, 0.25) is 0 Å². The first-order chi connectivity index (χ1) is 13.0. The van der Waals surface area contributed by atoms with Gasteiger partial charge in [0.05, 0.1) is 17.1 Å². The summed E-state index contributed by atoms with van der Waals surface area (Å²) in [5.74, 6) is 0.115. The van der Waals surface area contributed by atoms with Gasteiger partial charge in [0.1, 0.15) is 4.83 Å². The third kappa shape index (κ3) is 3.51. The molecule has 1 aromatic carbocycles. The van der Waals surface area contributed by atoms with Gasteiger partial charge in [-0.25, -0.2) is 0 Å². The minimum Gasteiger partial charge on any atom is -0.333 e. The van der Waals surface area contributed by atoms with Crippen molar-refractivity contribution in [2.24, 2.45) is 5.73 Å². The van der Waals surface area contributed by atoms with Crippen molar-refractivity contribution in [2.45, 2.75) is 51.7 Å². The number of carbonyl (C=O) groups is 1. The lowest BCUT2D eigenvalue weighted by Crippen LogP contribution is -2.51. The number of aromatic nitrogens is 2. The average molecular weight is 383 g/mol. The molecular formula is C21H26N4OS. The van der Waals surface area contributed by atoms with Crippen LogP contribution in [-0.2, 0) is 6.54 Å². The Balaban J connectivity index is 1.65. The number of hydrogen-bond donors (Lipinski definition) is 1. The number of fused-ring (bicyclic) bond motifs is 1. The lowest BCUT2D eigenvalue weighted by atomic mass is 9.97. The van der Waals surface area contributed by atoms with Gasteiger partial charge >= 0.3 is 0 Å². The molecule has 142 valence electrons. The highest BCUT2D eigenvalue weighted by molar-refractivity contribution is 7.20. The number of aryl methyl sites for hydroxylation is 1. The number of thiophene rings is 1. The second-order valence-electron chi connectivity index (χ2n) is 7.48. The molecular weight excluding hydrogens is 356 g/mol. The highest BCUT2D eigenvalue weighted by Crippen LogP contribution is 2.31. The van der Waals surface area contributed by atoms with Gasteiger partial charge in [0.25, 0.3) is 5.91 Å². The number of nitrogens with two attached hydrogens (primary N) is 1. The smallest absolute Gasteiger partial charge is 0.264 e. The minimum absolute atomic E-state index is 0.000985. The van der Waals surface area contributed by atoms with Crippen LogP contribution in [0, 0.1) is 6.92 Å². The molecule has 5 nitrogen and oxygen atoms in total. The minimum atomic E-state index is -0.000985. The Bertz CT molecular complexity index is 944. The van der Waals surface area contributed by atoms with Gasteiger partial charge in [0.15, 0.2) is 0 Å². The van der Waals surface area contributed by atoms with Crippen LogP contribution in [0.4, 0.5) is 0 Å². The lowest BCUT2D eigenvalue weighted by molar-refractivity contribution is 0.0589. The summed E-state index contributed by atoms with van der Waals surface area (Å²) >= 11 is 1.55. The number of hydrogen-bond acceptors (Lipinski definition) is 4. The summed E-state index contributed by atoms with van der Waals surface area (Å²) in [6, 6.07) is 12.4. The van der Waals surface area contributed by atoms with Gasteiger partial charge in [-0.05, 0) is 44.7 Å². The molecule has 0 saturated carbocycles. The summed E-state index contributed by atoms with van der Waals surface area (Å²) < 4.78 is 2.01. The van der Waals surface area contributed by atoms with Crippen molar-refractivity contribution in [2.75, 3.05) is 6.54 Å². The van der Waals surface area contributed by atoms with Crippen LogP contribution in [-0.4, -0.2) is 39.2 Å². The summed E-state index contributed by atoms with van der Waals surface area (Å²) in [6.45, 7) is 5.53. The maximum absolute atomic E-state index is 13.2. The summed E-state index contributed by atoms with van der Waals surface area (Å²) in [5.41, 5.74) is 8.33. The second kappa shape index (κ2) is 7.44. The first-order valence-corrected chi connectivity index (χ1v) is 10.4. The fourth-order valence-electron chi connectivity index (χ4n) is 3.98. The number of carbonyl (C=O) groups excluding carboxylic acids is 1. The number of likely N-dealkylation sites (tertiary alicyclic amines) is 1. The van der Waals surface area contributed by atoms with Crippen molar-refractivity contribution in [3.63, 3.8) is 0 Å². The monoisotopic (exact) mass is 382 g/mol. The SMILES string of the molecule is Cc1nn(Cc2ccccc2)c2sc(C(=O)N3CCCCC3C(C)N)cc12. The largest absolute Gasteiger partial charge is 0.333 e. The van der Waals surface area contributed by atoms with Crippen LogP contribution >= 0.6 is 11.3 Å². The van der Waals surface area contributed by atoms with E-state index in [1.54, 1.807) is 11.3 Å². The summed E-state index contributed by atoms with van der Waals surface area (Å²) in [5, 5.41) is 5.76. The highest BCUT2D eigenvalue weighted by atomic mass is 32.1. The van der Waals surface area contributed by atoms with E-state index in [0.717, 1.165) is 46.6 Å². The van der Waals surface area contributed by atoms with Crippen LogP contribution in [0.1, 0.15) is 47.1 Å². The van der Waals surface area contributed by atoms with Gasteiger partial charge in [-0.15, -0.1) is 11.3 Å². The molecule has 1 fully saturated rings. The van der Waals surface area contributed by atoms with E-state index in [4.69, 9.17) is 5.73 Å². The third-order valence-corrected chi connectivity index (χ3v) is 6.55. The molecule has 2 atom stereocenters. The van der Waals surface area contributed by atoms with E-state index in [0.29, 0.717) is 6.54 Å². The Labute approximate surface area is 163 Å². The second-order valence-corrected chi connectivity index (χ2v) is 8.51. The fraction of sp³-hybridized carbons (Fsp3) is 0.429. The van der Waals surface area contributed by atoms with Crippen LogP contribution in [0.3, 0.4) is 0 Å². The van der Waals surface area contributed by atoms with Gasteiger partial charge in [-0.2, -0.15) is 5.10 Å². The molecule has 3 aromatic rings. The van der Waals surface area contributed by atoms with E-state index in [1.165, 1.54) is 5.56 Å². The quantitative estimate of drug-likeness (QED) is 0.746. The van der Waals surface area contributed by atoms with Crippen molar-refractivity contribution in [1.82, 2.24) is 14.7 Å². The van der Waals surface area contributed by atoms with Crippen LogP contribution in [0.5, 0.6) is 0 Å². The molecule has 1 aliphatic heterocycles. The zero-order valence-electron chi connectivity index (χ0n) is 15.9. The van der Waals surface area contributed by atoms with Crippen molar-refractivity contribution in [3.8, 4) is 0 Å². The molecule has 1 amide bonds. The van der Waals surface area contributed by atoms with Gasteiger partial charge < -0.3 is 10.6 Å². The van der Waals surface area contributed by atoms with Crippen LogP contribution in [0.2, 0.25) is 0 Å². The summed E-state index contributed by atoms with van der Waals surface area (Å²) in [7, 11) is 0. The van der Waals surface area contributed by atoms with Crippen molar-refractivity contribution in [1.29, 1.82) is 0 Å². The average Bonchev–Trinajstić information content (AvgIpc) is 3.23. The number of rotatable bonds is 4. The Kier molecular flexibility index (Phi) is 5.02. The first kappa shape index (κ1) is 18.2. The molecule has 27 heavy (non-hydrogen) atoms. The van der Waals surface area contributed by atoms with E-state index in [1.807, 2.05) is 47.7 Å². The molecule has 0 radical (unpaired) electrons. The van der Waals surface area contributed by atoms with Gasteiger partial charge in [0, 0.05) is 24.0 Å². The molecule has 0 spiro atoms. The molecule has 2 unspecified atom stereocenters. The highest BCUT2D eigenvalue weighted by Gasteiger charge is 2.31. The molecule has 2 N–H and O–H groups in total. The first-order valence-electron chi connectivity index (χ1n) is 9.62. The zero-order chi connectivity index (χ0) is 19.0. The molecule has 3 heterocycles. The van der Waals surface area contributed by atoms with E-state index in [2.05, 4.69) is 17.2 Å². The Morgan fingerprint density at radius 1 is 1.33 bits per heavy atom. The topological polar surface area (TPSA) is 64.2 Å². The number of amides is 1. The maximum atomic E-state index is 13.2. The van der Waals surface area contributed by atoms with Gasteiger partial charge in [-0.1, -0.05) is 30.3 Å². The van der Waals surface area contributed by atoms with Gasteiger partial charge in [-0.3, -0.25) is 9.48 Å². The summed E-state index contributed by atoms with van der Waals surface area (Å²) in [6.07, 6.45) is 3.20. The number of piperidine rings is 1. The van der Waals surface area contributed by atoms with E-state index in [-0.39, 0.29) is 18.0 Å². The molecule has 2 aromatic heterocycles. The maximum Gasteiger partial charge on any atom is 0.264 e. The predicted molar refractivity (Wildman–Crippen MR) is 110 cm³/mol. The summed E-state index contributed by atoms with van der Waals surface area (Å²) in [4.78, 5) is 17.1. The lowest BCUT2D eigenvalue weighted by Gasteiger charge is -2.37. The Morgan fingerprint density at radius 2 is 2.11 bits per heavy atom. The van der Waals surface area contributed by atoms with E-state index < -0.39 is 0 Å². The van der Waals surface area contributed by atoms with Crippen LogP contribution in [0.25, 0.3) is 10.2 Å². The molecule has 0 bridgehead atoms. The van der Waals surface area contributed by atoms with Crippen molar-refractivity contribution < 1.29 is 4.79 Å². The predicted octanol–water partition coefficient (Wildman–Crippen LogP) is 3.80. The molecule has 0 aliphatic carbocycles. The Hall–Kier alpha value is -2.18. The van der Waals surface area contributed by atoms with Crippen LogP contribution < -0.4 is 5.73 Å². The number of benzene rings is 1. The molecule has 6 heteroatoms. The van der Waals surface area contributed by atoms with Crippen molar-refractivity contribution in [3.05, 3.63) is 52.5 Å². The fourth-order valence-corrected chi connectivity index (χ4v) is 5.10. The Morgan fingerprint density at radius 3 is 2.85 bits per heavy atom. The van der Waals surface area contributed by atoms with Crippen LogP contribution in [0.15, 0.2) is 36.4 Å². The zero-order valence-corrected chi connectivity index (χ0v) is 16.7.